The maximum Gasteiger partial charge on any atom is 0.339 e. The predicted molar refractivity (Wildman–Crippen MR) is 122 cm³/mol. The van der Waals surface area contributed by atoms with Crippen molar-refractivity contribution in [1.82, 2.24) is 0 Å². The van der Waals surface area contributed by atoms with Gasteiger partial charge >= 0.3 is 11.9 Å². The summed E-state index contributed by atoms with van der Waals surface area (Å²) < 4.78 is 46.6. The van der Waals surface area contributed by atoms with E-state index in [1.807, 2.05) is 0 Å². The summed E-state index contributed by atoms with van der Waals surface area (Å²) in [6, 6.07) is 7.17. The van der Waals surface area contributed by atoms with Crippen LogP contribution in [0.2, 0.25) is 0 Å². The largest absolute Gasteiger partial charge is 0.486 e. The lowest BCUT2D eigenvalue weighted by Crippen LogP contribution is -2.45. The van der Waals surface area contributed by atoms with Gasteiger partial charge in [-0.15, -0.1) is 0 Å². The standard InChI is InChI=1S/C22H24N2O9S/c1-13(24(34(4,28)29)15-6-8-18-19(12-15)33-10-9-32-18)20(25)23-17-11-14(21(26)30-2)5-7-16(17)22(27)31-3/h5-8,11-13H,9-10H2,1-4H3,(H,23,25)/t13-/m1/s1. The van der Waals surface area contributed by atoms with Crippen LogP contribution in [0.25, 0.3) is 0 Å². The summed E-state index contributed by atoms with van der Waals surface area (Å²) in [7, 11) is -1.57. The fourth-order valence-corrected chi connectivity index (χ4v) is 4.56. The molecule has 0 aromatic heterocycles. The molecule has 34 heavy (non-hydrogen) atoms. The summed E-state index contributed by atoms with van der Waals surface area (Å²) in [5, 5.41) is 2.52. The van der Waals surface area contributed by atoms with Crippen LogP contribution in [0.5, 0.6) is 11.5 Å². The van der Waals surface area contributed by atoms with Crippen molar-refractivity contribution in [1.29, 1.82) is 0 Å². The highest BCUT2D eigenvalue weighted by Gasteiger charge is 2.31. The zero-order valence-corrected chi connectivity index (χ0v) is 19.8. The molecule has 0 bridgehead atoms. The fraction of sp³-hybridized carbons (Fsp3) is 0.318. The van der Waals surface area contributed by atoms with Crippen molar-refractivity contribution in [3.8, 4) is 11.5 Å². The van der Waals surface area contributed by atoms with E-state index in [0.29, 0.717) is 24.7 Å². The van der Waals surface area contributed by atoms with Gasteiger partial charge in [0.05, 0.1) is 43.0 Å². The van der Waals surface area contributed by atoms with Crippen molar-refractivity contribution in [2.24, 2.45) is 0 Å². The average Bonchev–Trinajstić information content (AvgIpc) is 2.82. The Labute approximate surface area is 196 Å². The summed E-state index contributed by atoms with van der Waals surface area (Å²) in [4.78, 5) is 37.2. The number of ether oxygens (including phenoxy) is 4. The molecule has 11 nitrogen and oxygen atoms in total. The number of rotatable bonds is 7. The third-order valence-electron chi connectivity index (χ3n) is 4.97. The van der Waals surface area contributed by atoms with Crippen molar-refractivity contribution in [3.05, 3.63) is 47.5 Å². The molecule has 0 unspecified atom stereocenters. The molecule has 3 rings (SSSR count). The zero-order chi connectivity index (χ0) is 25.0. The van der Waals surface area contributed by atoms with E-state index in [9.17, 15) is 22.8 Å². The number of nitrogens with one attached hydrogen (secondary N) is 1. The van der Waals surface area contributed by atoms with Crippen molar-refractivity contribution in [3.63, 3.8) is 0 Å². The Morgan fingerprint density at radius 1 is 0.971 bits per heavy atom. The quantitative estimate of drug-likeness (QED) is 0.574. The van der Waals surface area contributed by atoms with E-state index in [1.165, 1.54) is 44.4 Å². The van der Waals surface area contributed by atoms with Crippen LogP contribution >= 0.6 is 0 Å². The lowest BCUT2D eigenvalue weighted by atomic mass is 10.1. The molecule has 1 amide bonds. The van der Waals surface area contributed by atoms with Crippen molar-refractivity contribution >= 4 is 39.2 Å². The molecule has 182 valence electrons. The van der Waals surface area contributed by atoms with Gasteiger partial charge in [-0.1, -0.05) is 0 Å². The van der Waals surface area contributed by atoms with E-state index in [1.54, 1.807) is 6.07 Å². The number of hydrogen-bond acceptors (Lipinski definition) is 9. The molecule has 2 aromatic rings. The van der Waals surface area contributed by atoms with Crippen LogP contribution in [0.15, 0.2) is 36.4 Å². The first-order valence-corrected chi connectivity index (χ1v) is 11.9. The highest BCUT2D eigenvalue weighted by atomic mass is 32.2. The lowest BCUT2D eigenvalue weighted by Gasteiger charge is -2.29. The molecule has 0 saturated carbocycles. The Bertz CT molecular complexity index is 1230. The fourth-order valence-electron chi connectivity index (χ4n) is 3.40. The molecule has 1 atom stereocenters. The first kappa shape index (κ1) is 24.8. The summed E-state index contributed by atoms with van der Waals surface area (Å²) in [6.45, 7) is 2.06. The van der Waals surface area contributed by atoms with Crippen LogP contribution in [-0.2, 0) is 24.3 Å². The van der Waals surface area contributed by atoms with Crippen LogP contribution in [0.4, 0.5) is 11.4 Å². The third kappa shape index (κ3) is 5.22. The van der Waals surface area contributed by atoms with Crippen molar-refractivity contribution in [2.75, 3.05) is 43.3 Å². The lowest BCUT2D eigenvalue weighted by molar-refractivity contribution is -0.116. The number of benzene rings is 2. The van der Waals surface area contributed by atoms with E-state index in [2.05, 4.69) is 10.1 Å². The Hall–Kier alpha value is -3.80. The molecule has 1 aliphatic heterocycles. The van der Waals surface area contributed by atoms with E-state index >= 15 is 0 Å². The number of nitrogens with zero attached hydrogens (tertiary/aromatic N) is 1. The van der Waals surface area contributed by atoms with Crippen molar-refractivity contribution in [2.45, 2.75) is 13.0 Å². The van der Waals surface area contributed by atoms with Crippen LogP contribution in [0.3, 0.4) is 0 Å². The minimum atomic E-state index is -3.93. The predicted octanol–water partition coefficient (Wildman–Crippen LogP) is 1.82. The van der Waals surface area contributed by atoms with Gasteiger partial charge in [0.25, 0.3) is 0 Å². The van der Waals surface area contributed by atoms with E-state index in [4.69, 9.17) is 14.2 Å². The number of hydrogen-bond donors (Lipinski definition) is 1. The zero-order valence-electron chi connectivity index (χ0n) is 19.0. The third-order valence-corrected chi connectivity index (χ3v) is 6.21. The Morgan fingerprint density at radius 3 is 2.24 bits per heavy atom. The second-order valence-electron chi connectivity index (χ2n) is 7.30. The highest BCUT2D eigenvalue weighted by Crippen LogP contribution is 2.35. The Morgan fingerprint density at radius 2 is 1.62 bits per heavy atom. The molecule has 1 aliphatic rings. The number of carbonyl (C=O) groups excluding carboxylic acids is 3. The smallest absolute Gasteiger partial charge is 0.339 e. The number of amides is 1. The van der Waals surface area contributed by atoms with Crippen LogP contribution in [0.1, 0.15) is 27.6 Å². The summed E-state index contributed by atoms with van der Waals surface area (Å²) >= 11 is 0. The molecule has 0 saturated heterocycles. The molecule has 1 N–H and O–H groups in total. The second-order valence-corrected chi connectivity index (χ2v) is 9.15. The van der Waals surface area contributed by atoms with Crippen LogP contribution < -0.4 is 19.1 Å². The minimum Gasteiger partial charge on any atom is -0.486 e. The first-order valence-electron chi connectivity index (χ1n) is 10.1. The molecular weight excluding hydrogens is 468 g/mol. The van der Waals surface area contributed by atoms with Gasteiger partial charge in [0, 0.05) is 6.07 Å². The maximum absolute atomic E-state index is 13.1. The normalized spacial score (nSPS) is 13.4. The van der Waals surface area contributed by atoms with Gasteiger partial charge in [-0.3, -0.25) is 9.10 Å². The first-order chi connectivity index (χ1) is 16.1. The highest BCUT2D eigenvalue weighted by molar-refractivity contribution is 7.92. The van der Waals surface area contributed by atoms with Gasteiger partial charge in [0.2, 0.25) is 15.9 Å². The van der Waals surface area contributed by atoms with Gasteiger partial charge in [-0.25, -0.2) is 18.0 Å². The summed E-state index contributed by atoms with van der Waals surface area (Å²) in [6.07, 6.45) is 0.964. The van der Waals surface area contributed by atoms with Gasteiger partial charge in [-0.05, 0) is 37.3 Å². The van der Waals surface area contributed by atoms with Crippen LogP contribution in [-0.4, -0.2) is 66.0 Å². The van der Waals surface area contributed by atoms with E-state index in [-0.39, 0.29) is 22.5 Å². The van der Waals surface area contributed by atoms with Gasteiger partial charge < -0.3 is 24.3 Å². The maximum atomic E-state index is 13.1. The van der Waals surface area contributed by atoms with E-state index < -0.39 is 33.9 Å². The molecule has 0 aliphatic carbocycles. The number of methoxy groups -OCH3 is 2. The number of sulfonamides is 1. The summed E-state index contributed by atoms with van der Waals surface area (Å²) in [5.74, 6) is -1.39. The Balaban J connectivity index is 1.96. The van der Waals surface area contributed by atoms with Crippen molar-refractivity contribution < 1.29 is 41.7 Å². The molecule has 0 fully saturated rings. The monoisotopic (exact) mass is 492 g/mol. The number of carbonyl (C=O) groups is 3. The van der Waals surface area contributed by atoms with E-state index in [0.717, 1.165) is 17.7 Å². The number of anilines is 2. The van der Waals surface area contributed by atoms with Crippen LogP contribution in [0, 0.1) is 0 Å². The molecule has 0 radical (unpaired) electrons. The second kappa shape index (κ2) is 10.00. The molecule has 0 spiro atoms. The summed E-state index contributed by atoms with van der Waals surface area (Å²) in [5.41, 5.74) is 0.193. The SMILES string of the molecule is COC(=O)c1ccc(C(=O)OC)c(NC(=O)[C@@H](C)N(c2ccc3c(c2)OCCO3)S(C)(=O)=O)c1. The molecule has 2 aromatic carbocycles. The minimum absolute atomic E-state index is 0.0269. The van der Waals surface area contributed by atoms with Gasteiger partial charge in [0.1, 0.15) is 19.3 Å². The topological polar surface area (TPSA) is 138 Å². The van der Waals surface area contributed by atoms with Gasteiger partial charge in [-0.2, -0.15) is 0 Å². The molecule has 1 heterocycles. The number of fused-ring (bicyclic) bond motifs is 1. The van der Waals surface area contributed by atoms with Gasteiger partial charge in [0.15, 0.2) is 11.5 Å². The average molecular weight is 493 g/mol. The Kier molecular flexibility index (Phi) is 7.30. The number of esters is 2. The molecular formula is C22H24N2O9S. The molecule has 12 heteroatoms.